The standard InChI is InChI=1S/C10H13BrN2O/c1-8-9(11)2-3-10(12-8)13-4-6-14-7-5-13/h2-3H,4-7H2,1H3. The van der Waals surface area contributed by atoms with E-state index in [-0.39, 0.29) is 0 Å². The first-order valence-electron chi connectivity index (χ1n) is 4.73. The monoisotopic (exact) mass is 256 g/mol. The number of hydrogen-bond acceptors (Lipinski definition) is 3. The van der Waals surface area contributed by atoms with Crippen molar-refractivity contribution in [2.75, 3.05) is 31.2 Å². The van der Waals surface area contributed by atoms with Crippen molar-refractivity contribution in [2.24, 2.45) is 0 Å². The normalized spacial score (nSPS) is 17.1. The first kappa shape index (κ1) is 9.93. The van der Waals surface area contributed by atoms with Gasteiger partial charge >= 0.3 is 0 Å². The van der Waals surface area contributed by atoms with Crippen LogP contribution in [0.25, 0.3) is 0 Å². The molecule has 14 heavy (non-hydrogen) atoms. The Morgan fingerprint density at radius 2 is 2.07 bits per heavy atom. The van der Waals surface area contributed by atoms with Crippen molar-refractivity contribution >= 4 is 21.7 Å². The third-order valence-corrected chi connectivity index (χ3v) is 3.18. The number of aryl methyl sites for hydroxylation is 1. The topological polar surface area (TPSA) is 25.4 Å². The highest BCUT2D eigenvalue weighted by Crippen LogP contribution is 2.19. The summed E-state index contributed by atoms with van der Waals surface area (Å²) in [7, 11) is 0. The summed E-state index contributed by atoms with van der Waals surface area (Å²) in [5, 5.41) is 0. The number of halogens is 1. The zero-order chi connectivity index (χ0) is 9.97. The van der Waals surface area contributed by atoms with Crippen LogP contribution in [0.3, 0.4) is 0 Å². The van der Waals surface area contributed by atoms with E-state index in [9.17, 15) is 0 Å². The second kappa shape index (κ2) is 4.28. The van der Waals surface area contributed by atoms with Gasteiger partial charge in [0.15, 0.2) is 0 Å². The number of nitrogens with zero attached hydrogens (tertiary/aromatic N) is 2. The van der Waals surface area contributed by atoms with Crippen LogP contribution in [0.1, 0.15) is 5.69 Å². The van der Waals surface area contributed by atoms with Gasteiger partial charge in [-0.3, -0.25) is 0 Å². The summed E-state index contributed by atoms with van der Waals surface area (Å²) >= 11 is 3.45. The molecule has 1 aliphatic heterocycles. The minimum atomic E-state index is 0.802. The molecule has 0 saturated carbocycles. The fourth-order valence-corrected chi connectivity index (χ4v) is 1.72. The molecule has 0 aromatic carbocycles. The van der Waals surface area contributed by atoms with E-state index in [0.717, 1.165) is 42.3 Å². The van der Waals surface area contributed by atoms with Crippen LogP contribution < -0.4 is 4.90 Å². The molecule has 0 bridgehead atoms. The van der Waals surface area contributed by atoms with Gasteiger partial charge in [-0.05, 0) is 35.0 Å². The fraction of sp³-hybridized carbons (Fsp3) is 0.500. The Kier molecular flexibility index (Phi) is 3.03. The quantitative estimate of drug-likeness (QED) is 0.769. The molecule has 1 aromatic heterocycles. The summed E-state index contributed by atoms with van der Waals surface area (Å²) in [5.41, 5.74) is 1.04. The first-order chi connectivity index (χ1) is 6.77. The van der Waals surface area contributed by atoms with E-state index < -0.39 is 0 Å². The largest absolute Gasteiger partial charge is 0.378 e. The molecule has 0 spiro atoms. The van der Waals surface area contributed by atoms with Gasteiger partial charge < -0.3 is 9.64 Å². The van der Waals surface area contributed by atoms with Gasteiger partial charge in [-0.2, -0.15) is 0 Å². The predicted octanol–water partition coefficient (Wildman–Crippen LogP) is 1.99. The van der Waals surface area contributed by atoms with Gasteiger partial charge in [0.05, 0.1) is 18.9 Å². The Morgan fingerprint density at radius 1 is 1.36 bits per heavy atom. The van der Waals surface area contributed by atoms with Gasteiger partial charge in [0.25, 0.3) is 0 Å². The molecule has 1 aromatic rings. The van der Waals surface area contributed by atoms with Crippen LogP contribution in [-0.4, -0.2) is 31.3 Å². The van der Waals surface area contributed by atoms with Gasteiger partial charge in [-0.25, -0.2) is 4.98 Å². The highest BCUT2D eigenvalue weighted by atomic mass is 79.9. The maximum atomic E-state index is 5.30. The minimum Gasteiger partial charge on any atom is -0.378 e. The molecular formula is C10H13BrN2O. The molecule has 4 heteroatoms. The van der Waals surface area contributed by atoms with Gasteiger partial charge in [-0.15, -0.1) is 0 Å². The number of hydrogen-bond donors (Lipinski definition) is 0. The average Bonchev–Trinajstić information content (AvgIpc) is 2.23. The minimum absolute atomic E-state index is 0.802. The lowest BCUT2D eigenvalue weighted by atomic mass is 10.3. The lowest BCUT2D eigenvalue weighted by molar-refractivity contribution is 0.122. The molecule has 0 atom stereocenters. The second-order valence-corrected chi connectivity index (χ2v) is 4.19. The fourth-order valence-electron chi connectivity index (χ4n) is 1.50. The molecule has 2 heterocycles. The molecule has 0 amide bonds. The van der Waals surface area contributed by atoms with E-state index in [1.807, 2.05) is 19.1 Å². The zero-order valence-corrected chi connectivity index (χ0v) is 9.75. The third-order valence-electron chi connectivity index (χ3n) is 2.34. The molecule has 0 radical (unpaired) electrons. The van der Waals surface area contributed by atoms with Crippen LogP contribution in [0, 0.1) is 6.92 Å². The van der Waals surface area contributed by atoms with Crippen LogP contribution in [0.15, 0.2) is 16.6 Å². The molecule has 76 valence electrons. The van der Waals surface area contributed by atoms with Crippen LogP contribution in [0.2, 0.25) is 0 Å². The van der Waals surface area contributed by atoms with Crippen LogP contribution in [-0.2, 0) is 4.74 Å². The lowest BCUT2D eigenvalue weighted by Crippen LogP contribution is -2.36. The molecule has 2 rings (SSSR count). The molecule has 0 N–H and O–H groups in total. The highest BCUT2D eigenvalue weighted by molar-refractivity contribution is 9.10. The molecule has 0 aliphatic carbocycles. The summed E-state index contributed by atoms with van der Waals surface area (Å²) in [5.74, 6) is 1.05. The van der Waals surface area contributed by atoms with Crippen molar-refractivity contribution in [1.29, 1.82) is 0 Å². The van der Waals surface area contributed by atoms with Crippen molar-refractivity contribution < 1.29 is 4.74 Å². The highest BCUT2D eigenvalue weighted by Gasteiger charge is 2.12. The summed E-state index contributed by atoms with van der Waals surface area (Å²) in [6, 6.07) is 4.09. The number of morpholine rings is 1. The van der Waals surface area contributed by atoms with Crippen LogP contribution in [0.5, 0.6) is 0 Å². The van der Waals surface area contributed by atoms with Gasteiger partial charge in [0.2, 0.25) is 0 Å². The Bertz CT molecular complexity index is 324. The van der Waals surface area contributed by atoms with Crippen LogP contribution in [0.4, 0.5) is 5.82 Å². The molecule has 1 aliphatic rings. The molecule has 0 unspecified atom stereocenters. The van der Waals surface area contributed by atoms with Crippen molar-refractivity contribution in [3.8, 4) is 0 Å². The van der Waals surface area contributed by atoms with Crippen molar-refractivity contribution in [3.63, 3.8) is 0 Å². The maximum absolute atomic E-state index is 5.30. The number of rotatable bonds is 1. The SMILES string of the molecule is Cc1nc(N2CCOCC2)ccc1Br. The number of ether oxygens (including phenoxy) is 1. The molecule has 3 nitrogen and oxygen atoms in total. The molecule has 1 saturated heterocycles. The molecule has 1 fully saturated rings. The zero-order valence-electron chi connectivity index (χ0n) is 8.16. The van der Waals surface area contributed by atoms with E-state index in [0.29, 0.717) is 0 Å². The van der Waals surface area contributed by atoms with Crippen LogP contribution >= 0.6 is 15.9 Å². The van der Waals surface area contributed by atoms with Gasteiger partial charge in [-0.1, -0.05) is 0 Å². The van der Waals surface area contributed by atoms with E-state index in [1.165, 1.54) is 0 Å². The Labute approximate surface area is 92.2 Å². The molecular weight excluding hydrogens is 244 g/mol. The van der Waals surface area contributed by atoms with E-state index in [2.05, 4.69) is 25.8 Å². The summed E-state index contributed by atoms with van der Waals surface area (Å²) < 4.78 is 6.36. The van der Waals surface area contributed by atoms with Gasteiger partial charge in [0.1, 0.15) is 5.82 Å². The second-order valence-electron chi connectivity index (χ2n) is 3.34. The van der Waals surface area contributed by atoms with E-state index in [4.69, 9.17) is 4.74 Å². The Morgan fingerprint density at radius 3 is 2.71 bits per heavy atom. The maximum Gasteiger partial charge on any atom is 0.129 e. The Balaban J connectivity index is 2.18. The average molecular weight is 257 g/mol. The summed E-state index contributed by atoms with van der Waals surface area (Å²) in [6.07, 6.45) is 0. The van der Waals surface area contributed by atoms with Gasteiger partial charge in [0, 0.05) is 17.6 Å². The predicted molar refractivity (Wildman–Crippen MR) is 59.7 cm³/mol. The third kappa shape index (κ3) is 2.07. The smallest absolute Gasteiger partial charge is 0.129 e. The van der Waals surface area contributed by atoms with Crippen molar-refractivity contribution in [2.45, 2.75) is 6.92 Å². The lowest BCUT2D eigenvalue weighted by Gasteiger charge is -2.28. The number of aromatic nitrogens is 1. The summed E-state index contributed by atoms with van der Waals surface area (Å²) in [6.45, 7) is 5.49. The first-order valence-corrected chi connectivity index (χ1v) is 5.52. The number of anilines is 1. The number of pyridine rings is 1. The van der Waals surface area contributed by atoms with Crippen molar-refractivity contribution in [1.82, 2.24) is 4.98 Å². The summed E-state index contributed by atoms with van der Waals surface area (Å²) in [4.78, 5) is 6.77. The van der Waals surface area contributed by atoms with E-state index in [1.54, 1.807) is 0 Å². The van der Waals surface area contributed by atoms with E-state index >= 15 is 0 Å². The Hall–Kier alpha value is -0.610. The van der Waals surface area contributed by atoms with Crippen molar-refractivity contribution in [3.05, 3.63) is 22.3 Å².